The third-order valence-corrected chi connectivity index (χ3v) is 9.69. The van der Waals surface area contributed by atoms with E-state index in [-0.39, 0.29) is 44.5 Å². The number of aromatic nitrogens is 4. The molecule has 3 aromatic rings. The second kappa shape index (κ2) is 30.8. The fourth-order valence-electron chi connectivity index (χ4n) is 6.59. The molecule has 3 heterocycles. The van der Waals surface area contributed by atoms with Crippen LogP contribution < -0.4 is 10.6 Å². The summed E-state index contributed by atoms with van der Waals surface area (Å²) in [5, 5.41) is 26.3. The molecule has 4 N–H and O–H groups in total. The largest absolute Gasteiger partial charge is 0.394 e. The molecule has 57 heavy (non-hydrogen) atoms. The summed E-state index contributed by atoms with van der Waals surface area (Å²) in [7, 11) is 0. The molecule has 1 aliphatic rings. The number of benzene rings is 1. The maximum Gasteiger partial charge on any atom is 0.256 e. The summed E-state index contributed by atoms with van der Waals surface area (Å²) >= 11 is 0. The van der Waals surface area contributed by atoms with E-state index in [2.05, 4.69) is 32.5 Å². The number of nitrogens with zero attached hydrogens (tertiary/aromatic N) is 4. The van der Waals surface area contributed by atoms with Gasteiger partial charge < -0.3 is 39.8 Å². The molecule has 2 amide bonds. The van der Waals surface area contributed by atoms with E-state index in [0.717, 1.165) is 12.8 Å². The van der Waals surface area contributed by atoms with Crippen LogP contribution in [0.4, 0.5) is 5.82 Å². The van der Waals surface area contributed by atoms with Crippen molar-refractivity contribution in [3.8, 4) is 0 Å². The van der Waals surface area contributed by atoms with Crippen LogP contribution >= 0.6 is 13.5 Å². The van der Waals surface area contributed by atoms with Gasteiger partial charge in [0.2, 0.25) is 5.91 Å². The molecular formula is C42H70N6O8S. The molecule has 15 heteroatoms. The third-order valence-electron chi connectivity index (χ3n) is 9.69. The van der Waals surface area contributed by atoms with Gasteiger partial charge in [0.15, 0.2) is 23.2 Å². The number of fused-ring (bicyclic) bond motifs is 1. The first kappa shape index (κ1) is 50.0. The average molecular weight is 819 g/mol. The molecule has 1 saturated heterocycles. The van der Waals surface area contributed by atoms with E-state index in [1.807, 2.05) is 19.9 Å². The van der Waals surface area contributed by atoms with Gasteiger partial charge in [-0.3, -0.25) is 14.2 Å². The maximum absolute atomic E-state index is 12.7. The minimum Gasteiger partial charge on any atom is -0.394 e. The zero-order valence-corrected chi connectivity index (χ0v) is 35.5. The first-order valence-electron chi connectivity index (χ1n) is 21.1. The predicted molar refractivity (Wildman–Crippen MR) is 228 cm³/mol. The van der Waals surface area contributed by atoms with Gasteiger partial charge in [-0.05, 0) is 18.6 Å². The van der Waals surface area contributed by atoms with E-state index in [9.17, 15) is 19.8 Å². The van der Waals surface area contributed by atoms with Crippen molar-refractivity contribution < 1.29 is 38.7 Å². The molecule has 0 bridgehead atoms. The van der Waals surface area contributed by atoms with E-state index in [4.69, 9.17) is 18.9 Å². The molecule has 1 aromatic carbocycles. The molecule has 4 rings (SSSR count). The maximum atomic E-state index is 12.7. The van der Waals surface area contributed by atoms with E-state index in [0.29, 0.717) is 42.9 Å². The highest BCUT2D eigenvalue weighted by Crippen LogP contribution is 2.34. The van der Waals surface area contributed by atoms with Gasteiger partial charge in [0.1, 0.15) is 31.4 Å². The first-order valence-corrected chi connectivity index (χ1v) is 21.1. The molecule has 0 spiro atoms. The van der Waals surface area contributed by atoms with Crippen LogP contribution in [0, 0.1) is 0 Å². The van der Waals surface area contributed by atoms with Gasteiger partial charge in [-0.1, -0.05) is 129 Å². The Morgan fingerprint density at radius 3 is 2.07 bits per heavy atom. The monoisotopic (exact) mass is 818 g/mol. The Kier molecular flexibility index (Phi) is 27.0. The van der Waals surface area contributed by atoms with Crippen molar-refractivity contribution in [3.63, 3.8) is 0 Å². The van der Waals surface area contributed by atoms with Crippen LogP contribution in [-0.4, -0.2) is 99.6 Å². The van der Waals surface area contributed by atoms with Gasteiger partial charge in [0.05, 0.1) is 32.8 Å². The number of unbranched alkanes of at least 4 members (excludes halogenated alkanes) is 14. The van der Waals surface area contributed by atoms with Crippen molar-refractivity contribution in [1.29, 1.82) is 0 Å². The second-order valence-electron chi connectivity index (χ2n) is 13.9. The molecule has 1 aliphatic heterocycles. The molecule has 322 valence electrons. The zero-order chi connectivity index (χ0) is 40.2. The Morgan fingerprint density at radius 2 is 1.44 bits per heavy atom. The van der Waals surface area contributed by atoms with Gasteiger partial charge in [0, 0.05) is 18.5 Å². The normalized spacial score (nSPS) is 17.5. The smallest absolute Gasteiger partial charge is 0.256 e. The molecule has 4 unspecified atom stereocenters. The molecule has 14 nitrogen and oxygen atoms in total. The second-order valence-corrected chi connectivity index (χ2v) is 13.9. The average Bonchev–Trinajstić information content (AvgIpc) is 3.80. The van der Waals surface area contributed by atoms with Crippen molar-refractivity contribution in [1.82, 2.24) is 24.8 Å². The minimum absolute atomic E-state index is 0. The van der Waals surface area contributed by atoms with Crippen molar-refractivity contribution in [2.45, 2.75) is 148 Å². The summed E-state index contributed by atoms with van der Waals surface area (Å²) in [4.78, 5) is 37.8. The Labute approximate surface area is 346 Å². The lowest BCUT2D eigenvalue weighted by molar-refractivity contribution is -0.143. The summed E-state index contributed by atoms with van der Waals surface area (Å²) in [5.74, 6) is -0.0857. The number of carbonyl (C=O) groups is 2. The number of nitrogens with one attached hydrogen (secondary N) is 2. The number of amides is 2. The Morgan fingerprint density at radius 1 is 0.825 bits per heavy atom. The number of aliphatic hydroxyl groups is 2. The first-order chi connectivity index (χ1) is 27.5. The van der Waals surface area contributed by atoms with Gasteiger partial charge in [-0.25, -0.2) is 15.0 Å². The number of aliphatic hydroxyl groups excluding tert-OH is 2. The highest BCUT2D eigenvalue weighted by atomic mass is 32.1. The van der Waals surface area contributed by atoms with Gasteiger partial charge in [-0.2, -0.15) is 13.5 Å². The lowest BCUT2D eigenvalue weighted by Gasteiger charge is -2.22. The molecule has 4 atom stereocenters. The molecule has 1 fully saturated rings. The lowest BCUT2D eigenvalue weighted by Crippen LogP contribution is -2.36. The molecule has 0 radical (unpaired) electrons. The number of carbonyl (C=O) groups excluding carboxylic acids is 2. The quantitative estimate of drug-likeness (QED) is 0.0411. The molecular weight excluding hydrogens is 749 g/mol. The zero-order valence-electron chi connectivity index (χ0n) is 34.5. The highest BCUT2D eigenvalue weighted by Gasteiger charge is 2.46. The predicted octanol–water partition coefficient (Wildman–Crippen LogP) is 7.22. The van der Waals surface area contributed by atoms with Crippen LogP contribution in [-0.2, 0) is 23.7 Å². The highest BCUT2D eigenvalue weighted by molar-refractivity contribution is 7.59. The van der Waals surface area contributed by atoms with Crippen molar-refractivity contribution in [2.24, 2.45) is 0 Å². The lowest BCUT2D eigenvalue weighted by atomic mass is 10.0. The van der Waals surface area contributed by atoms with Crippen LogP contribution in [0.3, 0.4) is 0 Å². The van der Waals surface area contributed by atoms with Crippen molar-refractivity contribution in [3.05, 3.63) is 48.5 Å². The van der Waals surface area contributed by atoms with Crippen molar-refractivity contribution >= 4 is 42.3 Å². The summed E-state index contributed by atoms with van der Waals surface area (Å²) in [6, 6.07) is 8.73. The Hall–Kier alpha value is -3.18. The minimum atomic E-state index is -1.16. The van der Waals surface area contributed by atoms with Gasteiger partial charge >= 0.3 is 0 Å². The third kappa shape index (κ3) is 18.1. The van der Waals surface area contributed by atoms with Crippen LogP contribution in [0.15, 0.2) is 43.0 Å². The molecule has 0 aliphatic carbocycles. The number of imidazole rings is 1. The van der Waals surface area contributed by atoms with Crippen LogP contribution in [0.2, 0.25) is 0 Å². The standard InChI is InChI=1S/C40H62N6O8.C2H6.H2S/c1-2-3-4-5-6-7-8-9-10-11-12-13-14-15-19-22-33(48)41-23-24-51-25-26-52-30-53-36-35(49)32(27-47)54-40(36)46-29-44-34-37(42-28-43-38(34)46)45-39(50)31-20-17-16-18-21-31;1-2;/h16-18,20-21,28-29,32,35-36,40,47,49H,2-15,19,22-27,30H2,1H3,(H,41,48)(H,42,43,45,50);1-2H3;1H2. The fraction of sp³-hybridized carbons (Fsp3) is 0.690. The summed E-state index contributed by atoms with van der Waals surface area (Å²) < 4.78 is 24.5. The summed E-state index contributed by atoms with van der Waals surface area (Å²) in [6.45, 7) is 7.00. The Balaban J connectivity index is 0.00000368. The molecule has 2 aromatic heterocycles. The SMILES string of the molecule is CC.CCCCCCCCCCCCCCCCCC(=O)NCCOCCOCOC1C(O)C(CO)OC1n1cnc2c(NC(=O)c3ccccc3)ncnc21.S. The van der Waals surface area contributed by atoms with Crippen LogP contribution in [0.1, 0.15) is 140 Å². The van der Waals surface area contributed by atoms with Gasteiger partial charge in [0.25, 0.3) is 5.91 Å². The summed E-state index contributed by atoms with van der Waals surface area (Å²) in [5.41, 5.74) is 1.12. The Bertz CT molecular complexity index is 1490. The van der Waals surface area contributed by atoms with Crippen LogP contribution in [0.5, 0.6) is 0 Å². The van der Waals surface area contributed by atoms with E-state index >= 15 is 0 Å². The van der Waals surface area contributed by atoms with E-state index in [1.54, 1.807) is 28.8 Å². The van der Waals surface area contributed by atoms with Gasteiger partial charge in [-0.15, -0.1) is 0 Å². The number of hydrogen-bond acceptors (Lipinski definition) is 11. The summed E-state index contributed by atoms with van der Waals surface area (Å²) in [6.07, 6.45) is 18.9. The number of anilines is 1. The van der Waals surface area contributed by atoms with E-state index in [1.165, 1.54) is 96.1 Å². The van der Waals surface area contributed by atoms with Crippen molar-refractivity contribution in [2.75, 3.05) is 45.1 Å². The van der Waals surface area contributed by atoms with Crippen LogP contribution in [0.25, 0.3) is 11.2 Å². The fourth-order valence-corrected chi connectivity index (χ4v) is 6.59. The topological polar surface area (TPSA) is 179 Å². The number of hydrogen-bond donors (Lipinski definition) is 4. The number of rotatable bonds is 29. The number of ether oxygens (including phenoxy) is 4. The molecule has 0 saturated carbocycles. The van der Waals surface area contributed by atoms with E-state index < -0.39 is 31.1 Å².